The predicted octanol–water partition coefficient (Wildman–Crippen LogP) is 13.7. The van der Waals surface area contributed by atoms with Gasteiger partial charge in [-0.25, -0.2) is 15.0 Å². The van der Waals surface area contributed by atoms with Crippen molar-refractivity contribution in [3.05, 3.63) is 194 Å². The second kappa shape index (κ2) is 13.3. The van der Waals surface area contributed by atoms with Crippen LogP contribution in [0.15, 0.2) is 194 Å². The zero-order chi connectivity index (χ0) is 37.0. The molecule has 262 valence electrons. The van der Waals surface area contributed by atoms with Crippen LogP contribution >= 0.6 is 11.3 Å². The smallest absolute Gasteiger partial charge is 0.164 e. The van der Waals surface area contributed by atoms with Crippen molar-refractivity contribution in [1.29, 1.82) is 0 Å². The third-order valence-electron chi connectivity index (χ3n) is 10.7. The summed E-state index contributed by atoms with van der Waals surface area (Å²) >= 11 is 1.85. The van der Waals surface area contributed by atoms with Crippen molar-refractivity contribution in [3.63, 3.8) is 0 Å². The van der Waals surface area contributed by atoms with Gasteiger partial charge in [0.15, 0.2) is 17.5 Å². The molecular weight excluding hydrogens is 701 g/mol. The van der Waals surface area contributed by atoms with Crippen molar-refractivity contribution in [1.82, 2.24) is 19.5 Å². The molecule has 0 saturated heterocycles. The summed E-state index contributed by atoms with van der Waals surface area (Å²) in [7, 11) is 0. The molecule has 0 aliphatic rings. The van der Waals surface area contributed by atoms with Crippen LogP contribution in [0.3, 0.4) is 0 Å². The van der Waals surface area contributed by atoms with E-state index in [-0.39, 0.29) is 0 Å². The van der Waals surface area contributed by atoms with E-state index in [4.69, 9.17) is 15.0 Å². The zero-order valence-corrected chi connectivity index (χ0v) is 31.0. The number of thiophene rings is 1. The topological polar surface area (TPSA) is 43.6 Å². The van der Waals surface area contributed by atoms with Crippen LogP contribution in [0.5, 0.6) is 0 Å². The lowest BCUT2D eigenvalue weighted by Crippen LogP contribution is -2.01. The van der Waals surface area contributed by atoms with Crippen LogP contribution in [0.2, 0.25) is 0 Å². The highest BCUT2D eigenvalue weighted by molar-refractivity contribution is 7.25. The van der Waals surface area contributed by atoms with E-state index in [1.54, 1.807) is 0 Å². The molecule has 3 heterocycles. The summed E-state index contributed by atoms with van der Waals surface area (Å²) < 4.78 is 5.02. The van der Waals surface area contributed by atoms with Crippen LogP contribution in [0, 0.1) is 0 Å². The van der Waals surface area contributed by atoms with Crippen molar-refractivity contribution in [3.8, 4) is 62.1 Å². The summed E-state index contributed by atoms with van der Waals surface area (Å²) in [6, 6.07) is 68.6. The van der Waals surface area contributed by atoms with Gasteiger partial charge in [0, 0.05) is 53.2 Å². The van der Waals surface area contributed by atoms with Crippen molar-refractivity contribution in [2.75, 3.05) is 0 Å². The number of aromatic nitrogens is 4. The van der Waals surface area contributed by atoms with E-state index in [2.05, 4.69) is 138 Å². The van der Waals surface area contributed by atoms with Crippen molar-refractivity contribution >= 4 is 53.3 Å². The number of para-hydroxylation sites is 1. The molecule has 0 atom stereocenters. The molecule has 8 aromatic carbocycles. The predicted molar refractivity (Wildman–Crippen MR) is 234 cm³/mol. The Morgan fingerprint density at radius 1 is 0.339 bits per heavy atom. The minimum absolute atomic E-state index is 0.627. The Labute approximate surface area is 327 Å². The second-order valence-corrected chi connectivity index (χ2v) is 15.0. The third kappa shape index (κ3) is 5.32. The molecule has 0 amide bonds. The summed E-state index contributed by atoms with van der Waals surface area (Å²) in [5.41, 5.74) is 10.9. The first-order chi connectivity index (χ1) is 27.8. The fourth-order valence-electron chi connectivity index (χ4n) is 8.16. The van der Waals surface area contributed by atoms with Gasteiger partial charge < -0.3 is 4.57 Å². The fraction of sp³-hybridized carbons (Fsp3) is 0. The molecule has 0 fully saturated rings. The molecule has 0 spiro atoms. The van der Waals surface area contributed by atoms with E-state index in [0.717, 1.165) is 38.8 Å². The van der Waals surface area contributed by atoms with Gasteiger partial charge in [0.2, 0.25) is 0 Å². The number of benzene rings is 8. The summed E-state index contributed by atoms with van der Waals surface area (Å²) in [6.07, 6.45) is 0. The van der Waals surface area contributed by atoms with Gasteiger partial charge in [-0.1, -0.05) is 164 Å². The molecule has 0 unspecified atom stereocenters. The zero-order valence-electron chi connectivity index (χ0n) is 30.2. The molecule has 0 bridgehead atoms. The molecule has 0 aliphatic carbocycles. The number of fused-ring (bicyclic) bond motifs is 6. The monoisotopic (exact) mass is 732 g/mol. The molecule has 0 N–H and O–H groups in total. The molecular formula is C51H32N4S. The van der Waals surface area contributed by atoms with Gasteiger partial charge in [0.1, 0.15) is 0 Å². The van der Waals surface area contributed by atoms with E-state index in [0.29, 0.717) is 17.5 Å². The number of hydrogen-bond donors (Lipinski definition) is 0. The van der Waals surface area contributed by atoms with Crippen LogP contribution in [-0.2, 0) is 0 Å². The van der Waals surface area contributed by atoms with Crippen LogP contribution < -0.4 is 0 Å². The van der Waals surface area contributed by atoms with Crippen LogP contribution in [0.4, 0.5) is 0 Å². The Morgan fingerprint density at radius 2 is 0.893 bits per heavy atom. The van der Waals surface area contributed by atoms with E-state index in [1.807, 2.05) is 72.0 Å². The Kier molecular flexibility index (Phi) is 7.64. The molecule has 5 heteroatoms. The molecule has 11 rings (SSSR count). The van der Waals surface area contributed by atoms with Crippen molar-refractivity contribution in [2.45, 2.75) is 0 Å². The van der Waals surface area contributed by atoms with Gasteiger partial charge in [-0.15, -0.1) is 11.3 Å². The maximum absolute atomic E-state index is 5.12. The molecule has 0 saturated carbocycles. The lowest BCUT2D eigenvalue weighted by Gasteiger charge is -2.16. The SMILES string of the molecule is c1ccc(-c2nc(-c3ccccc3)nc(-c3ccc4c5c(-c6ccccc6)cccc5n(-c5ccccc5-c5cccc6sc7ccccc7c56)c4c3)n2)cc1. The maximum atomic E-state index is 5.12. The molecule has 4 nitrogen and oxygen atoms in total. The molecule has 0 aliphatic heterocycles. The minimum atomic E-state index is 0.627. The van der Waals surface area contributed by atoms with E-state index < -0.39 is 0 Å². The maximum Gasteiger partial charge on any atom is 0.164 e. The highest BCUT2D eigenvalue weighted by atomic mass is 32.1. The first kappa shape index (κ1) is 32.2. The van der Waals surface area contributed by atoms with Gasteiger partial charge in [-0.3, -0.25) is 0 Å². The number of hydrogen-bond acceptors (Lipinski definition) is 4. The lowest BCUT2D eigenvalue weighted by molar-refractivity contribution is 1.07. The molecule has 3 aromatic heterocycles. The standard InChI is InChI=1S/C51H32N4S/c1-4-16-33(17-5-1)37-24-14-27-43-47(37)40-31-30-36(51-53-49(34-18-6-2-7-19-34)52-50(54-51)35-20-8-3-9-21-35)32-44(40)55(43)42-26-12-10-22-38(42)39-25-15-29-46-48(39)41-23-11-13-28-45(41)56-46/h1-32H. The van der Waals surface area contributed by atoms with E-state index in [9.17, 15) is 0 Å². The Balaban J connectivity index is 1.21. The third-order valence-corrected chi connectivity index (χ3v) is 11.8. The van der Waals surface area contributed by atoms with Gasteiger partial charge in [-0.2, -0.15) is 0 Å². The molecule has 11 aromatic rings. The van der Waals surface area contributed by atoms with E-state index in [1.165, 1.54) is 47.8 Å². The quantitative estimate of drug-likeness (QED) is 0.171. The summed E-state index contributed by atoms with van der Waals surface area (Å²) in [6.45, 7) is 0. The Morgan fingerprint density at radius 3 is 1.62 bits per heavy atom. The highest BCUT2D eigenvalue weighted by Gasteiger charge is 2.22. The minimum Gasteiger partial charge on any atom is -0.309 e. The first-order valence-electron chi connectivity index (χ1n) is 18.8. The number of rotatable bonds is 6. The molecule has 0 radical (unpaired) electrons. The Hall–Kier alpha value is -7.21. The highest BCUT2D eigenvalue weighted by Crippen LogP contribution is 2.45. The van der Waals surface area contributed by atoms with Gasteiger partial charge in [0.05, 0.1) is 16.7 Å². The van der Waals surface area contributed by atoms with Crippen LogP contribution in [-0.4, -0.2) is 19.5 Å². The van der Waals surface area contributed by atoms with E-state index >= 15 is 0 Å². The summed E-state index contributed by atoms with van der Waals surface area (Å²) in [5.74, 6) is 1.91. The second-order valence-electron chi connectivity index (χ2n) is 14.0. The lowest BCUT2D eigenvalue weighted by atomic mass is 9.97. The van der Waals surface area contributed by atoms with Crippen LogP contribution in [0.25, 0.3) is 104 Å². The van der Waals surface area contributed by atoms with Gasteiger partial charge >= 0.3 is 0 Å². The average Bonchev–Trinajstić information content (AvgIpc) is 3.83. The largest absolute Gasteiger partial charge is 0.309 e. The summed E-state index contributed by atoms with van der Waals surface area (Å²) in [4.78, 5) is 15.2. The fourth-order valence-corrected chi connectivity index (χ4v) is 9.29. The molecule has 56 heavy (non-hydrogen) atoms. The van der Waals surface area contributed by atoms with Crippen molar-refractivity contribution < 1.29 is 0 Å². The summed E-state index contributed by atoms with van der Waals surface area (Å²) in [5, 5.41) is 4.95. The first-order valence-corrected chi connectivity index (χ1v) is 19.6. The van der Waals surface area contributed by atoms with Gasteiger partial charge in [0.25, 0.3) is 0 Å². The average molecular weight is 733 g/mol. The van der Waals surface area contributed by atoms with Crippen molar-refractivity contribution in [2.24, 2.45) is 0 Å². The number of nitrogens with zero attached hydrogens (tertiary/aromatic N) is 4. The Bertz CT molecular complexity index is 3180. The van der Waals surface area contributed by atoms with Gasteiger partial charge in [-0.05, 0) is 47.0 Å². The van der Waals surface area contributed by atoms with Crippen LogP contribution in [0.1, 0.15) is 0 Å². The normalized spacial score (nSPS) is 11.6.